The van der Waals surface area contributed by atoms with Crippen LogP contribution in [-0.4, -0.2) is 12.1 Å². The standard InChI is InChI=1S/C14H18N2OS/c1-4-9(2)10-5-6-13(17-3)11(7-10)12-8-18-14(15)16-12/h5-9H,4H2,1-3H3,(H2,15,16)/t9-/m0/s1. The van der Waals surface area contributed by atoms with Gasteiger partial charge >= 0.3 is 0 Å². The topological polar surface area (TPSA) is 48.1 Å². The molecule has 0 radical (unpaired) electrons. The Bertz CT molecular complexity index is 536. The molecule has 1 atom stereocenters. The number of nitrogens with zero attached hydrogens (tertiary/aromatic N) is 1. The van der Waals surface area contributed by atoms with Crippen molar-refractivity contribution in [2.75, 3.05) is 12.8 Å². The molecule has 1 aromatic heterocycles. The zero-order valence-corrected chi connectivity index (χ0v) is 11.8. The second kappa shape index (κ2) is 5.40. The van der Waals surface area contributed by atoms with Gasteiger partial charge in [-0.1, -0.05) is 19.9 Å². The van der Waals surface area contributed by atoms with E-state index in [1.807, 2.05) is 11.4 Å². The summed E-state index contributed by atoms with van der Waals surface area (Å²) in [6.07, 6.45) is 1.12. The monoisotopic (exact) mass is 262 g/mol. The zero-order chi connectivity index (χ0) is 13.1. The maximum Gasteiger partial charge on any atom is 0.180 e. The van der Waals surface area contributed by atoms with Gasteiger partial charge in [-0.3, -0.25) is 0 Å². The van der Waals surface area contributed by atoms with Crippen LogP contribution in [0.2, 0.25) is 0 Å². The molecule has 3 nitrogen and oxygen atoms in total. The Balaban J connectivity index is 2.49. The predicted molar refractivity (Wildman–Crippen MR) is 77.2 cm³/mol. The fourth-order valence-corrected chi connectivity index (χ4v) is 2.44. The predicted octanol–water partition coefficient (Wildman–Crippen LogP) is 3.91. The zero-order valence-electron chi connectivity index (χ0n) is 10.9. The van der Waals surface area contributed by atoms with Crippen molar-refractivity contribution in [3.63, 3.8) is 0 Å². The van der Waals surface area contributed by atoms with E-state index in [-0.39, 0.29) is 0 Å². The molecular formula is C14H18N2OS. The fourth-order valence-electron chi connectivity index (χ4n) is 1.88. The largest absolute Gasteiger partial charge is 0.496 e. The maximum atomic E-state index is 5.70. The van der Waals surface area contributed by atoms with Crippen LogP contribution in [0.25, 0.3) is 11.3 Å². The minimum Gasteiger partial charge on any atom is -0.496 e. The van der Waals surface area contributed by atoms with Crippen LogP contribution < -0.4 is 10.5 Å². The number of hydrogen-bond acceptors (Lipinski definition) is 4. The smallest absolute Gasteiger partial charge is 0.180 e. The molecule has 96 valence electrons. The highest BCUT2D eigenvalue weighted by Gasteiger charge is 2.12. The maximum absolute atomic E-state index is 5.70. The first kappa shape index (κ1) is 12.9. The summed E-state index contributed by atoms with van der Waals surface area (Å²) in [5, 5.41) is 2.55. The van der Waals surface area contributed by atoms with Gasteiger partial charge in [-0.05, 0) is 30.0 Å². The lowest BCUT2D eigenvalue weighted by Crippen LogP contribution is -1.95. The Hall–Kier alpha value is -1.55. The van der Waals surface area contributed by atoms with E-state index in [0.717, 1.165) is 23.4 Å². The molecule has 2 aromatic rings. The van der Waals surface area contributed by atoms with E-state index in [4.69, 9.17) is 10.5 Å². The molecule has 4 heteroatoms. The Morgan fingerprint density at radius 2 is 2.22 bits per heavy atom. The van der Waals surface area contributed by atoms with E-state index < -0.39 is 0 Å². The van der Waals surface area contributed by atoms with Gasteiger partial charge in [0.1, 0.15) is 5.75 Å². The molecule has 2 rings (SSSR count). The van der Waals surface area contributed by atoms with Crippen LogP contribution >= 0.6 is 11.3 Å². The van der Waals surface area contributed by atoms with Gasteiger partial charge in [-0.25, -0.2) is 4.98 Å². The molecule has 0 fully saturated rings. The van der Waals surface area contributed by atoms with Gasteiger partial charge in [0.05, 0.1) is 12.8 Å². The summed E-state index contributed by atoms with van der Waals surface area (Å²) in [7, 11) is 1.68. The number of anilines is 1. The average molecular weight is 262 g/mol. The molecule has 0 aliphatic heterocycles. The highest BCUT2D eigenvalue weighted by Crippen LogP contribution is 2.34. The number of hydrogen-bond donors (Lipinski definition) is 1. The minimum atomic E-state index is 0.533. The molecule has 0 saturated heterocycles. The molecule has 0 unspecified atom stereocenters. The van der Waals surface area contributed by atoms with E-state index >= 15 is 0 Å². The van der Waals surface area contributed by atoms with E-state index in [1.165, 1.54) is 16.9 Å². The van der Waals surface area contributed by atoms with Gasteiger partial charge in [-0.15, -0.1) is 11.3 Å². The summed E-state index contributed by atoms with van der Waals surface area (Å²) in [4.78, 5) is 4.33. The van der Waals surface area contributed by atoms with Crippen molar-refractivity contribution < 1.29 is 4.74 Å². The lowest BCUT2D eigenvalue weighted by atomic mass is 9.96. The first-order valence-corrected chi connectivity index (χ1v) is 6.93. The van der Waals surface area contributed by atoms with Crippen molar-refractivity contribution in [2.24, 2.45) is 0 Å². The molecule has 2 N–H and O–H groups in total. The third-order valence-corrected chi connectivity index (χ3v) is 3.88. The van der Waals surface area contributed by atoms with Crippen molar-refractivity contribution >= 4 is 16.5 Å². The number of nitrogen functional groups attached to an aromatic ring is 1. The van der Waals surface area contributed by atoms with Gasteiger partial charge in [-0.2, -0.15) is 0 Å². The van der Waals surface area contributed by atoms with Crippen molar-refractivity contribution in [3.05, 3.63) is 29.1 Å². The summed E-state index contributed by atoms with van der Waals surface area (Å²) in [5.41, 5.74) is 8.91. The molecule has 0 bridgehead atoms. The summed E-state index contributed by atoms with van der Waals surface area (Å²) < 4.78 is 5.40. The Morgan fingerprint density at radius 1 is 1.44 bits per heavy atom. The normalized spacial score (nSPS) is 12.4. The summed E-state index contributed by atoms with van der Waals surface area (Å²) >= 11 is 1.45. The first-order valence-electron chi connectivity index (χ1n) is 6.05. The summed E-state index contributed by atoms with van der Waals surface area (Å²) in [5.74, 6) is 1.37. The lowest BCUT2D eigenvalue weighted by Gasteiger charge is -2.13. The lowest BCUT2D eigenvalue weighted by molar-refractivity contribution is 0.416. The van der Waals surface area contributed by atoms with E-state index in [0.29, 0.717) is 11.0 Å². The number of thiazole rings is 1. The molecule has 18 heavy (non-hydrogen) atoms. The van der Waals surface area contributed by atoms with Gasteiger partial charge in [0.15, 0.2) is 5.13 Å². The van der Waals surface area contributed by atoms with Crippen LogP contribution in [0.15, 0.2) is 23.6 Å². The van der Waals surface area contributed by atoms with Gasteiger partial charge < -0.3 is 10.5 Å². The number of aromatic nitrogens is 1. The number of rotatable bonds is 4. The molecule has 0 aliphatic rings. The van der Waals surface area contributed by atoms with Crippen molar-refractivity contribution in [1.82, 2.24) is 4.98 Å². The second-order valence-corrected chi connectivity index (χ2v) is 5.23. The second-order valence-electron chi connectivity index (χ2n) is 4.34. The SMILES string of the molecule is CC[C@H](C)c1ccc(OC)c(-c2csc(N)n2)c1. The van der Waals surface area contributed by atoms with E-state index in [2.05, 4.69) is 31.0 Å². The van der Waals surface area contributed by atoms with Crippen LogP contribution in [0.5, 0.6) is 5.75 Å². The van der Waals surface area contributed by atoms with Gasteiger partial charge in [0.2, 0.25) is 0 Å². The quantitative estimate of drug-likeness (QED) is 0.908. The molecule has 1 heterocycles. The van der Waals surface area contributed by atoms with Crippen molar-refractivity contribution in [2.45, 2.75) is 26.2 Å². The van der Waals surface area contributed by atoms with Crippen LogP contribution in [0.4, 0.5) is 5.13 Å². The van der Waals surface area contributed by atoms with Crippen LogP contribution in [-0.2, 0) is 0 Å². The molecule has 0 spiro atoms. The number of methoxy groups -OCH3 is 1. The highest BCUT2D eigenvalue weighted by molar-refractivity contribution is 7.13. The molecule has 1 aromatic carbocycles. The molecule has 0 amide bonds. The Labute approximate surface area is 112 Å². The van der Waals surface area contributed by atoms with Crippen LogP contribution in [0.1, 0.15) is 31.7 Å². The highest BCUT2D eigenvalue weighted by atomic mass is 32.1. The van der Waals surface area contributed by atoms with E-state index in [1.54, 1.807) is 7.11 Å². The molecule has 0 saturated carbocycles. The summed E-state index contributed by atoms with van der Waals surface area (Å²) in [6.45, 7) is 4.41. The fraction of sp³-hybridized carbons (Fsp3) is 0.357. The van der Waals surface area contributed by atoms with Crippen LogP contribution in [0.3, 0.4) is 0 Å². The Morgan fingerprint density at radius 3 is 2.78 bits per heavy atom. The number of nitrogens with two attached hydrogens (primary N) is 1. The number of benzene rings is 1. The van der Waals surface area contributed by atoms with Crippen LogP contribution in [0, 0.1) is 0 Å². The molecule has 0 aliphatic carbocycles. The van der Waals surface area contributed by atoms with Gasteiger partial charge in [0.25, 0.3) is 0 Å². The number of ether oxygens (including phenoxy) is 1. The van der Waals surface area contributed by atoms with Gasteiger partial charge in [0, 0.05) is 10.9 Å². The first-order chi connectivity index (χ1) is 8.65. The van der Waals surface area contributed by atoms with E-state index in [9.17, 15) is 0 Å². The van der Waals surface area contributed by atoms with Crippen molar-refractivity contribution in [1.29, 1.82) is 0 Å². The third-order valence-electron chi connectivity index (χ3n) is 3.20. The average Bonchev–Trinajstić information content (AvgIpc) is 2.83. The third kappa shape index (κ3) is 2.48. The summed E-state index contributed by atoms with van der Waals surface area (Å²) in [6, 6.07) is 6.28. The molecular weight excluding hydrogens is 244 g/mol. The minimum absolute atomic E-state index is 0.533. The van der Waals surface area contributed by atoms with Crippen molar-refractivity contribution in [3.8, 4) is 17.0 Å². The Kier molecular flexibility index (Phi) is 3.87.